The monoisotopic (exact) mass is 388 g/mol. The van der Waals surface area contributed by atoms with Gasteiger partial charge in [0.05, 0.1) is 34.5 Å². The molecule has 0 fully saturated rings. The highest BCUT2D eigenvalue weighted by Gasteiger charge is 2.30. The molecule has 1 aromatic heterocycles. The lowest BCUT2D eigenvalue weighted by Crippen LogP contribution is -2.41. The average Bonchev–Trinajstić information content (AvgIpc) is 3.10. The van der Waals surface area contributed by atoms with Gasteiger partial charge in [-0.3, -0.25) is 4.79 Å². The number of hydrogen-bond acceptors (Lipinski definition) is 7. The number of carbonyl (C=O) groups excluding carboxylic acids is 1. The summed E-state index contributed by atoms with van der Waals surface area (Å²) < 4.78 is 19.2. The second-order valence-corrected chi connectivity index (χ2v) is 7.55. The van der Waals surface area contributed by atoms with Crippen molar-refractivity contribution in [2.45, 2.75) is 27.2 Å². The number of nitrogen functional groups attached to an aromatic ring is 1. The third-order valence-electron chi connectivity index (χ3n) is 4.15. The molecule has 8 heteroatoms. The predicted molar refractivity (Wildman–Crippen MR) is 109 cm³/mol. The lowest BCUT2D eigenvalue weighted by Gasteiger charge is -2.25. The van der Waals surface area contributed by atoms with Gasteiger partial charge in [-0.2, -0.15) is 4.40 Å². The van der Waals surface area contributed by atoms with E-state index in [1.807, 2.05) is 39.0 Å². The largest absolute Gasteiger partial charge is 0.492 e. The molecule has 0 unspecified atom stereocenters. The van der Waals surface area contributed by atoms with E-state index in [-0.39, 0.29) is 12.5 Å². The minimum absolute atomic E-state index is 0.0319. The van der Waals surface area contributed by atoms with E-state index in [4.69, 9.17) is 14.9 Å². The Morgan fingerprint density at radius 2 is 2.26 bits per heavy atom. The average molecular weight is 388 g/mol. The maximum absolute atomic E-state index is 12.4. The molecule has 0 radical (unpaired) electrons. The van der Waals surface area contributed by atoms with Crippen LogP contribution in [0.3, 0.4) is 0 Å². The summed E-state index contributed by atoms with van der Waals surface area (Å²) >= 11 is 1.21. The first-order chi connectivity index (χ1) is 12.9. The summed E-state index contributed by atoms with van der Waals surface area (Å²) in [4.78, 5) is 12.4. The fraction of sp³-hybridized carbons (Fsp3) is 0.368. The standard InChI is InChI=1S/C19H24N4O3S/c1-4-8-21-18(24)19(2,3)11-26-14-7-5-6-13-16(14)17(23-27-22-13)15-9-12(20)10-25-15/h5-7,9-10,22H,4,8,11,20H2,1-3H3,(H,21,24). The summed E-state index contributed by atoms with van der Waals surface area (Å²) in [5.41, 5.74) is 7.95. The highest BCUT2D eigenvalue weighted by atomic mass is 32.2. The number of nitrogens with one attached hydrogen (secondary N) is 2. The fourth-order valence-electron chi connectivity index (χ4n) is 2.59. The first-order valence-corrected chi connectivity index (χ1v) is 9.58. The molecule has 1 aliphatic heterocycles. The van der Waals surface area contributed by atoms with Gasteiger partial charge in [0.1, 0.15) is 24.3 Å². The first kappa shape index (κ1) is 19.2. The maximum Gasteiger partial charge on any atom is 0.229 e. The number of carbonyl (C=O) groups is 1. The molecule has 0 atom stereocenters. The van der Waals surface area contributed by atoms with Crippen molar-refractivity contribution in [2.75, 3.05) is 23.6 Å². The molecule has 27 heavy (non-hydrogen) atoms. The lowest BCUT2D eigenvalue weighted by atomic mass is 9.93. The SMILES string of the molecule is CCCNC(=O)C(C)(C)COc1cccc2c1C(c1cc(N)co1)=NSN2. The number of rotatable bonds is 7. The minimum atomic E-state index is -0.666. The van der Waals surface area contributed by atoms with Crippen molar-refractivity contribution in [3.8, 4) is 5.75 Å². The zero-order valence-corrected chi connectivity index (χ0v) is 16.5. The molecule has 4 N–H and O–H groups in total. The molecule has 0 aliphatic carbocycles. The van der Waals surface area contributed by atoms with Crippen LogP contribution in [0.4, 0.5) is 11.4 Å². The van der Waals surface area contributed by atoms with Gasteiger partial charge < -0.3 is 24.9 Å². The Morgan fingerprint density at radius 1 is 1.44 bits per heavy atom. The van der Waals surface area contributed by atoms with Crippen LogP contribution in [0.15, 0.2) is 39.3 Å². The Bertz CT molecular complexity index is 860. The number of hydrogen-bond donors (Lipinski definition) is 3. The van der Waals surface area contributed by atoms with Gasteiger partial charge >= 0.3 is 0 Å². The summed E-state index contributed by atoms with van der Waals surface area (Å²) in [7, 11) is 0. The quantitative estimate of drug-likeness (QED) is 0.626. The zero-order chi connectivity index (χ0) is 19.4. The van der Waals surface area contributed by atoms with Crippen LogP contribution >= 0.6 is 12.1 Å². The van der Waals surface area contributed by atoms with Crippen LogP contribution in [0, 0.1) is 5.41 Å². The third kappa shape index (κ3) is 4.21. The number of ether oxygens (including phenoxy) is 1. The summed E-state index contributed by atoms with van der Waals surface area (Å²) in [6.07, 6.45) is 2.37. The van der Waals surface area contributed by atoms with Gasteiger partial charge in [-0.1, -0.05) is 13.0 Å². The lowest BCUT2D eigenvalue weighted by molar-refractivity contribution is -0.130. The number of amides is 1. The van der Waals surface area contributed by atoms with Crippen molar-refractivity contribution in [1.29, 1.82) is 0 Å². The Morgan fingerprint density at radius 3 is 2.96 bits per heavy atom. The second-order valence-electron chi connectivity index (χ2n) is 6.98. The van der Waals surface area contributed by atoms with Crippen LogP contribution in [0.25, 0.3) is 0 Å². The zero-order valence-electron chi connectivity index (χ0n) is 15.7. The van der Waals surface area contributed by atoms with Crippen molar-refractivity contribution < 1.29 is 13.9 Å². The van der Waals surface area contributed by atoms with E-state index >= 15 is 0 Å². The van der Waals surface area contributed by atoms with Crippen LogP contribution < -0.4 is 20.5 Å². The molecular formula is C19H24N4O3S. The summed E-state index contributed by atoms with van der Waals surface area (Å²) in [5.74, 6) is 1.17. The molecule has 1 aliphatic rings. The number of nitrogens with zero attached hydrogens (tertiary/aromatic N) is 1. The van der Waals surface area contributed by atoms with Crippen molar-refractivity contribution in [3.63, 3.8) is 0 Å². The predicted octanol–water partition coefficient (Wildman–Crippen LogP) is 3.62. The highest BCUT2D eigenvalue weighted by Crippen LogP contribution is 2.36. The Labute approximate surface area is 163 Å². The van der Waals surface area contributed by atoms with Crippen molar-refractivity contribution in [1.82, 2.24) is 5.32 Å². The topological polar surface area (TPSA) is 102 Å². The summed E-state index contributed by atoms with van der Waals surface area (Å²) in [6, 6.07) is 7.42. The van der Waals surface area contributed by atoms with Crippen LogP contribution in [0.5, 0.6) is 5.75 Å². The van der Waals surface area contributed by atoms with E-state index in [1.54, 1.807) is 6.07 Å². The second kappa shape index (κ2) is 7.96. The Hall–Kier alpha value is -2.61. The molecule has 3 rings (SSSR count). The molecule has 0 saturated heterocycles. The van der Waals surface area contributed by atoms with Crippen LogP contribution in [0.1, 0.15) is 38.5 Å². The third-order valence-corrected chi connectivity index (χ3v) is 4.73. The van der Waals surface area contributed by atoms with Crippen LogP contribution in [-0.2, 0) is 4.79 Å². The van der Waals surface area contributed by atoms with Gasteiger partial charge in [-0.15, -0.1) is 0 Å². The van der Waals surface area contributed by atoms with Crippen molar-refractivity contribution in [3.05, 3.63) is 41.9 Å². The maximum atomic E-state index is 12.4. The number of fused-ring (bicyclic) bond motifs is 1. The van der Waals surface area contributed by atoms with Crippen molar-refractivity contribution in [2.24, 2.45) is 9.81 Å². The van der Waals surface area contributed by atoms with Crippen LogP contribution in [-0.4, -0.2) is 24.8 Å². The van der Waals surface area contributed by atoms with Gasteiger partial charge in [-0.05, 0) is 32.4 Å². The molecule has 7 nitrogen and oxygen atoms in total. The molecule has 2 heterocycles. The van der Waals surface area contributed by atoms with Gasteiger partial charge in [0.15, 0.2) is 5.76 Å². The van der Waals surface area contributed by atoms with E-state index in [0.717, 1.165) is 17.7 Å². The smallest absolute Gasteiger partial charge is 0.229 e. The molecule has 0 bridgehead atoms. The minimum Gasteiger partial charge on any atom is -0.492 e. The van der Waals surface area contributed by atoms with E-state index < -0.39 is 5.41 Å². The first-order valence-electron chi connectivity index (χ1n) is 8.81. The van der Waals surface area contributed by atoms with E-state index in [9.17, 15) is 4.79 Å². The number of furan rings is 1. The number of anilines is 2. The number of nitrogens with two attached hydrogens (primary N) is 1. The summed E-state index contributed by atoms with van der Waals surface area (Å²) in [5, 5.41) is 2.92. The molecule has 144 valence electrons. The fourth-order valence-corrected chi connectivity index (χ4v) is 3.18. The molecule has 1 amide bonds. The van der Waals surface area contributed by atoms with Gasteiger partial charge in [0.25, 0.3) is 0 Å². The van der Waals surface area contributed by atoms with Crippen LogP contribution in [0.2, 0.25) is 0 Å². The number of benzene rings is 1. The molecule has 2 aromatic rings. The Balaban J connectivity index is 1.84. The molecule has 0 spiro atoms. The van der Waals surface area contributed by atoms with E-state index in [2.05, 4.69) is 14.4 Å². The summed E-state index contributed by atoms with van der Waals surface area (Å²) in [6.45, 7) is 6.64. The van der Waals surface area contributed by atoms with Gasteiger partial charge in [-0.25, -0.2) is 0 Å². The molecule has 0 saturated carbocycles. The Kier molecular flexibility index (Phi) is 5.65. The van der Waals surface area contributed by atoms with Gasteiger partial charge in [0.2, 0.25) is 5.91 Å². The van der Waals surface area contributed by atoms with Gasteiger partial charge in [0, 0.05) is 12.6 Å². The molecular weight excluding hydrogens is 364 g/mol. The normalized spacial score (nSPS) is 13.4. The molecule has 1 aromatic carbocycles. The van der Waals surface area contributed by atoms with E-state index in [0.29, 0.717) is 29.5 Å². The van der Waals surface area contributed by atoms with Crippen molar-refractivity contribution >= 4 is 35.1 Å². The van der Waals surface area contributed by atoms with E-state index in [1.165, 1.54) is 18.4 Å². The highest BCUT2D eigenvalue weighted by molar-refractivity contribution is 7.99.